The van der Waals surface area contributed by atoms with Crippen molar-refractivity contribution >= 4 is 50.2 Å². The molecule has 1 aliphatic heterocycles. The second kappa shape index (κ2) is 6.61. The molecule has 2 heterocycles. The average Bonchev–Trinajstić information content (AvgIpc) is 2.97. The lowest BCUT2D eigenvalue weighted by Gasteiger charge is -2.35. The molecule has 1 fully saturated rings. The van der Waals surface area contributed by atoms with Crippen molar-refractivity contribution in [2.45, 2.75) is 11.1 Å². The molecule has 4 nitrogen and oxygen atoms in total. The average molecular weight is 391 g/mol. The van der Waals surface area contributed by atoms with Crippen LogP contribution < -0.4 is 4.90 Å². The van der Waals surface area contributed by atoms with E-state index in [-0.39, 0.29) is 0 Å². The summed E-state index contributed by atoms with van der Waals surface area (Å²) in [5, 5.41) is 0.728. The highest BCUT2D eigenvalue weighted by Gasteiger charge is 2.29. The summed E-state index contributed by atoms with van der Waals surface area (Å²) < 4.78 is 27.5. The van der Waals surface area contributed by atoms with E-state index in [1.165, 1.54) is 4.31 Å². The molecule has 0 spiro atoms. The molecule has 0 bridgehead atoms. The summed E-state index contributed by atoms with van der Waals surface area (Å²) in [4.78, 5) is 2.15. The number of hydrogen-bond acceptors (Lipinski definition) is 4. The van der Waals surface area contributed by atoms with Crippen molar-refractivity contribution in [2.24, 2.45) is 0 Å². The summed E-state index contributed by atoms with van der Waals surface area (Å²) in [6, 6.07) is 9.11. The van der Waals surface area contributed by atoms with E-state index in [4.69, 9.17) is 23.2 Å². The lowest BCUT2D eigenvalue weighted by molar-refractivity contribution is 0.386. The fraction of sp³-hybridized carbons (Fsp3) is 0.333. The molecule has 124 valence electrons. The standard InChI is InChI=1S/C15H16Cl2N2O2S2/c1-11-2-3-12(10-13(11)16)18-6-8-19(9-7-18)23(20,21)15-5-4-14(17)22-15/h2-5,10H,6-9H2,1H3. The van der Waals surface area contributed by atoms with Gasteiger partial charge in [-0.25, -0.2) is 8.42 Å². The van der Waals surface area contributed by atoms with Crippen LogP contribution >= 0.6 is 34.5 Å². The molecule has 1 saturated heterocycles. The molecule has 0 unspecified atom stereocenters. The van der Waals surface area contributed by atoms with Crippen LogP contribution in [0.5, 0.6) is 0 Å². The smallest absolute Gasteiger partial charge is 0.252 e. The first-order chi connectivity index (χ1) is 10.9. The van der Waals surface area contributed by atoms with Gasteiger partial charge in [-0.2, -0.15) is 4.31 Å². The zero-order valence-electron chi connectivity index (χ0n) is 12.5. The molecule has 3 rings (SSSR count). The van der Waals surface area contributed by atoms with Crippen molar-refractivity contribution in [1.29, 1.82) is 0 Å². The van der Waals surface area contributed by atoms with Crippen LogP contribution in [0.3, 0.4) is 0 Å². The first-order valence-electron chi connectivity index (χ1n) is 7.14. The minimum atomic E-state index is -3.45. The molecule has 0 atom stereocenters. The second-order valence-corrected chi connectivity index (χ2v) is 9.67. The lowest BCUT2D eigenvalue weighted by atomic mass is 10.2. The first kappa shape index (κ1) is 17.0. The third-order valence-electron chi connectivity index (χ3n) is 3.90. The largest absolute Gasteiger partial charge is 0.369 e. The predicted octanol–water partition coefficient (Wildman–Crippen LogP) is 3.87. The van der Waals surface area contributed by atoms with Gasteiger partial charge in [0.15, 0.2) is 0 Å². The highest BCUT2D eigenvalue weighted by atomic mass is 35.5. The third-order valence-corrected chi connectivity index (χ3v) is 7.91. The summed E-state index contributed by atoms with van der Waals surface area (Å²) >= 11 is 13.1. The molecule has 23 heavy (non-hydrogen) atoms. The zero-order valence-corrected chi connectivity index (χ0v) is 15.6. The second-order valence-electron chi connectivity index (χ2n) is 5.38. The third kappa shape index (κ3) is 3.51. The molecular formula is C15H16Cl2N2O2S2. The molecule has 0 aliphatic carbocycles. The van der Waals surface area contributed by atoms with E-state index >= 15 is 0 Å². The molecule has 1 aromatic heterocycles. The van der Waals surface area contributed by atoms with Crippen LogP contribution in [0.15, 0.2) is 34.5 Å². The van der Waals surface area contributed by atoms with Crippen molar-refractivity contribution < 1.29 is 8.42 Å². The first-order valence-corrected chi connectivity index (χ1v) is 10.2. The minimum absolute atomic E-state index is 0.300. The van der Waals surface area contributed by atoms with E-state index in [2.05, 4.69) is 4.90 Å². The number of thiophene rings is 1. The summed E-state index contributed by atoms with van der Waals surface area (Å²) in [6.07, 6.45) is 0. The Bertz CT molecular complexity index is 813. The molecule has 1 aromatic carbocycles. The number of aryl methyl sites for hydroxylation is 1. The molecule has 1 aliphatic rings. The van der Waals surface area contributed by atoms with Crippen molar-refractivity contribution in [3.63, 3.8) is 0 Å². The molecular weight excluding hydrogens is 375 g/mol. The van der Waals surface area contributed by atoms with Crippen LogP contribution in [0.25, 0.3) is 0 Å². The fourth-order valence-corrected chi connectivity index (χ4v) is 5.76. The van der Waals surface area contributed by atoms with Crippen LogP contribution in [0.4, 0.5) is 5.69 Å². The van der Waals surface area contributed by atoms with Gasteiger partial charge in [0.05, 0.1) is 4.34 Å². The topological polar surface area (TPSA) is 40.6 Å². The number of nitrogens with zero attached hydrogens (tertiary/aromatic N) is 2. The van der Waals surface area contributed by atoms with Gasteiger partial charge in [0.1, 0.15) is 4.21 Å². The summed E-state index contributed by atoms with van der Waals surface area (Å²) in [5.74, 6) is 0. The maximum atomic E-state index is 12.6. The summed E-state index contributed by atoms with van der Waals surface area (Å²) in [6.45, 7) is 4.13. The molecule has 0 amide bonds. The minimum Gasteiger partial charge on any atom is -0.369 e. The summed E-state index contributed by atoms with van der Waals surface area (Å²) in [5.41, 5.74) is 2.06. The zero-order chi connectivity index (χ0) is 16.6. The van der Waals surface area contributed by atoms with Gasteiger partial charge in [-0.1, -0.05) is 29.3 Å². The van der Waals surface area contributed by atoms with Gasteiger partial charge in [0.2, 0.25) is 0 Å². The Morgan fingerprint density at radius 3 is 2.30 bits per heavy atom. The van der Waals surface area contributed by atoms with Crippen molar-refractivity contribution in [2.75, 3.05) is 31.1 Å². The monoisotopic (exact) mass is 390 g/mol. The highest BCUT2D eigenvalue weighted by molar-refractivity contribution is 7.91. The van der Waals surface area contributed by atoms with Crippen LogP contribution in [-0.4, -0.2) is 38.9 Å². The number of benzene rings is 1. The fourth-order valence-electron chi connectivity index (χ4n) is 2.53. The number of anilines is 1. The normalized spacial score (nSPS) is 16.7. The number of piperazine rings is 1. The number of rotatable bonds is 3. The van der Waals surface area contributed by atoms with Gasteiger partial charge in [0.25, 0.3) is 10.0 Å². The highest BCUT2D eigenvalue weighted by Crippen LogP contribution is 2.29. The maximum absolute atomic E-state index is 12.6. The van der Waals surface area contributed by atoms with Crippen molar-refractivity contribution in [3.05, 3.63) is 45.3 Å². The quantitative estimate of drug-likeness (QED) is 0.798. The molecule has 8 heteroatoms. The van der Waals surface area contributed by atoms with Gasteiger partial charge in [-0.15, -0.1) is 11.3 Å². The Labute approximate surface area is 150 Å². The van der Waals surface area contributed by atoms with Gasteiger partial charge < -0.3 is 4.90 Å². The van der Waals surface area contributed by atoms with E-state index in [1.807, 2.05) is 25.1 Å². The Morgan fingerprint density at radius 2 is 1.74 bits per heavy atom. The van der Waals surface area contributed by atoms with E-state index in [9.17, 15) is 8.42 Å². The van der Waals surface area contributed by atoms with Gasteiger partial charge in [0, 0.05) is 36.9 Å². The molecule has 0 radical (unpaired) electrons. The van der Waals surface area contributed by atoms with E-state index in [1.54, 1.807) is 12.1 Å². The van der Waals surface area contributed by atoms with Crippen molar-refractivity contribution in [3.8, 4) is 0 Å². The van der Waals surface area contributed by atoms with E-state index in [0.29, 0.717) is 34.7 Å². The van der Waals surface area contributed by atoms with Crippen molar-refractivity contribution in [1.82, 2.24) is 4.31 Å². The Balaban J connectivity index is 1.72. The van der Waals surface area contributed by atoms with Crippen LogP contribution in [-0.2, 0) is 10.0 Å². The van der Waals surface area contributed by atoms with Crippen LogP contribution in [0.2, 0.25) is 9.36 Å². The van der Waals surface area contributed by atoms with Crippen LogP contribution in [0, 0.1) is 6.92 Å². The Kier molecular flexibility index (Phi) is 4.90. The van der Waals surface area contributed by atoms with Crippen LogP contribution in [0.1, 0.15) is 5.56 Å². The van der Waals surface area contributed by atoms with E-state index in [0.717, 1.165) is 27.6 Å². The molecule has 2 aromatic rings. The summed E-state index contributed by atoms with van der Waals surface area (Å²) in [7, 11) is -3.45. The number of hydrogen-bond donors (Lipinski definition) is 0. The van der Waals surface area contributed by atoms with Gasteiger partial charge >= 0.3 is 0 Å². The maximum Gasteiger partial charge on any atom is 0.252 e. The van der Waals surface area contributed by atoms with E-state index < -0.39 is 10.0 Å². The Morgan fingerprint density at radius 1 is 1.04 bits per heavy atom. The van der Waals surface area contributed by atoms with Gasteiger partial charge in [-0.3, -0.25) is 0 Å². The SMILES string of the molecule is Cc1ccc(N2CCN(S(=O)(=O)c3ccc(Cl)s3)CC2)cc1Cl. The lowest BCUT2D eigenvalue weighted by Crippen LogP contribution is -2.48. The molecule has 0 N–H and O–H groups in total. The van der Waals surface area contributed by atoms with Gasteiger partial charge in [-0.05, 0) is 36.8 Å². The predicted molar refractivity (Wildman–Crippen MR) is 96.5 cm³/mol. The number of sulfonamides is 1. The number of halogens is 2. The molecule has 0 saturated carbocycles. The Hall–Kier alpha value is -0.790.